The van der Waals surface area contributed by atoms with Crippen LogP contribution in [0.3, 0.4) is 0 Å². The highest BCUT2D eigenvalue weighted by molar-refractivity contribution is 5.95. The first-order valence-electron chi connectivity index (χ1n) is 8.62. The van der Waals surface area contributed by atoms with Gasteiger partial charge in [0.15, 0.2) is 11.5 Å². The van der Waals surface area contributed by atoms with Crippen LogP contribution in [0.4, 0.5) is 0 Å². The summed E-state index contributed by atoms with van der Waals surface area (Å²) in [7, 11) is 0. The topological polar surface area (TPSA) is 60.8 Å². The first kappa shape index (κ1) is 14.6. The van der Waals surface area contributed by atoms with Gasteiger partial charge < -0.3 is 18.9 Å². The third kappa shape index (κ3) is 2.49. The zero-order valence-electron chi connectivity index (χ0n) is 13.7. The molecule has 1 aromatic heterocycles. The lowest BCUT2D eigenvalue weighted by Gasteiger charge is -2.29. The second-order valence-corrected chi connectivity index (χ2v) is 6.85. The van der Waals surface area contributed by atoms with Crippen molar-refractivity contribution in [2.75, 3.05) is 13.3 Å². The van der Waals surface area contributed by atoms with E-state index in [0.29, 0.717) is 42.6 Å². The molecule has 1 aromatic carbocycles. The largest absolute Gasteiger partial charge is 0.454 e. The van der Waals surface area contributed by atoms with Crippen LogP contribution in [0, 0.1) is 0 Å². The van der Waals surface area contributed by atoms with Crippen molar-refractivity contribution in [3.8, 4) is 11.5 Å². The Morgan fingerprint density at radius 2 is 1.92 bits per heavy atom. The van der Waals surface area contributed by atoms with Crippen molar-refractivity contribution in [3.05, 3.63) is 57.5 Å². The quantitative estimate of drug-likeness (QED) is 0.841. The highest BCUT2D eigenvalue weighted by atomic mass is 16.7. The maximum atomic E-state index is 12.9. The lowest BCUT2D eigenvalue weighted by molar-refractivity contribution is 0.0733. The molecular formula is C19H18N2O4. The smallest absolute Gasteiger partial charge is 0.254 e. The number of fused-ring (bicyclic) bond motifs is 2. The van der Waals surface area contributed by atoms with E-state index >= 15 is 0 Å². The van der Waals surface area contributed by atoms with Gasteiger partial charge in [-0.15, -0.1) is 0 Å². The van der Waals surface area contributed by atoms with Crippen LogP contribution in [0.5, 0.6) is 11.5 Å². The molecule has 1 fully saturated rings. The molecule has 0 bridgehead atoms. The normalized spacial score (nSPS) is 18.2. The van der Waals surface area contributed by atoms with Crippen LogP contribution in [-0.4, -0.2) is 28.7 Å². The van der Waals surface area contributed by atoms with Gasteiger partial charge in [0, 0.05) is 37.0 Å². The molecule has 1 amide bonds. The average molecular weight is 338 g/mol. The molecule has 2 aromatic rings. The minimum absolute atomic E-state index is 0.0203. The maximum absolute atomic E-state index is 12.9. The van der Waals surface area contributed by atoms with Crippen molar-refractivity contribution < 1.29 is 14.3 Å². The van der Waals surface area contributed by atoms with E-state index in [-0.39, 0.29) is 18.3 Å². The Balaban J connectivity index is 1.42. The van der Waals surface area contributed by atoms with Gasteiger partial charge in [0.1, 0.15) is 0 Å². The lowest BCUT2D eigenvalue weighted by Crippen LogP contribution is -2.37. The van der Waals surface area contributed by atoms with Crippen LogP contribution < -0.4 is 15.0 Å². The van der Waals surface area contributed by atoms with Gasteiger partial charge in [0.05, 0.1) is 0 Å². The molecule has 128 valence electrons. The lowest BCUT2D eigenvalue weighted by atomic mass is 10.0. The van der Waals surface area contributed by atoms with Crippen LogP contribution in [0.15, 0.2) is 35.3 Å². The molecule has 0 atom stereocenters. The highest BCUT2D eigenvalue weighted by Gasteiger charge is 2.28. The molecule has 0 saturated heterocycles. The first-order valence-corrected chi connectivity index (χ1v) is 8.62. The average Bonchev–Trinajstić information content (AvgIpc) is 3.36. The maximum Gasteiger partial charge on any atom is 0.254 e. The van der Waals surface area contributed by atoms with Gasteiger partial charge in [-0.1, -0.05) is 0 Å². The Morgan fingerprint density at radius 1 is 1.08 bits per heavy atom. The molecule has 1 aliphatic carbocycles. The number of carbonyl (C=O) groups excluding carboxylic acids is 1. The van der Waals surface area contributed by atoms with Crippen molar-refractivity contribution >= 4 is 5.91 Å². The number of nitrogens with zero attached hydrogens (tertiary/aromatic N) is 2. The third-order valence-corrected chi connectivity index (χ3v) is 5.12. The van der Waals surface area contributed by atoms with Gasteiger partial charge in [-0.3, -0.25) is 9.59 Å². The van der Waals surface area contributed by atoms with Crippen molar-refractivity contribution in [3.63, 3.8) is 0 Å². The third-order valence-electron chi connectivity index (χ3n) is 5.12. The summed E-state index contributed by atoms with van der Waals surface area (Å²) in [5.41, 5.74) is 2.82. The van der Waals surface area contributed by atoms with E-state index < -0.39 is 0 Å². The summed E-state index contributed by atoms with van der Waals surface area (Å²) < 4.78 is 12.5. The van der Waals surface area contributed by atoms with Gasteiger partial charge in [0.25, 0.3) is 11.5 Å². The fourth-order valence-corrected chi connectivity index (χ4v) is 3.57. The molecule has 1 saturated carbocycles. The summed E-state index contributed by atoms with van der Waals surface area (Å²) in [6.07, 6.45) is 4.80. The van der Waals surface area contributed by atoms with E-state index in [1.165, 1.54) is 0 Å². The molecule has 0 spiro atoms. The highest BCUT2D eigenvalue weighted by Crippen LogP contribution is 2.35. The zero-order valence-corrected chi connectivity index (χ0v) is 13.7. The van der Waals surface area contributed by atoms with Crippen LogP contribution in [0.25, 0.3) is 0 Å². The molecule has 0 unspecified atom stereocenters. The minimum atomic E-state index is -0.0203. The van der Waals surface area contributed by atoms with Crippen LogP contribution in [0.1, 0.15) is 40.4 Å². The number of aromatic nitrogens is 1. The number of rotatable bonds is 2. The summed E-state index contributed by atoms with van der Waals surface area (Å²) in [5.74, 6) is 1.27. The molecule has 2 aliphatic heterocycles. The molecule has 6 nitrogen and oxygen atoms in total. The summed E-state index contributed by atoms with van der Waals surface area (Å²) >= 11 is 0. The minimum Gasteiger partial charge on any atom is -0.454 e. The van der Waals surface area contributed by atoms with Crippen molar-refractivity contribution in [2.24, 2.45) is 0 Å². The SMILES string of the molecule is O=C(c1ccc2c(c1)OCO2)N1CCc2cc(=O)n(C3CC3)cc2C1. The molecule has 0 N–H and O–H groups in total. The van der Waals surface area contributed by atoms with E-state index in [1.807, 2.05) is 15.7 Å². The van der Waals surface area contributed by atoms with Gasteiger partial charge in [-0.2, -0.15) is 0 Å². The Bertz CT molecular complexity index is 930. The molecule has 0 radical (unpaired) electrons. The Kier molecular flexibility index (Phi) is 3.13. The van der Waals surface area contributed by atoms with Crippen LogP contribution in [0.2, 0.25) is 0 Å². The monoisotopic (exact) mass is 338 g/mol. The number of amides is 1. The number of pyridine rings is 1. The summed E-state index contributed by atoms with van der Waals surface area (Å²) in [6.45, 7) is 1.35. The first-order chi connectivity index (χ1) is 12.2. The number of hydrogen-bond acceptors (Lipinski definition) is 4. The predicted molar refractivity (Wildman–Crippen MR) is 90.0 cm³/mol. The van der Waals surface area contributed by atoms with Gasteiger partial charge >= 0.3 is 0 Å². The second kappa shape index (κ2) is 5.37. The van der Waals surface area contributed by atoms with E-state index in [1.54, 1.807) is 24.3 Å². The molecule has 3 aliphatic rings. The van der Waals surface area contributed by atoms with Crippen molar-refractivity contribution in [2.45, 2.75) is 31.8 Å². The number of ether oxygens (including phenoxy) is 2. The van der Waals surface area contributed by atoms with Crippen molar-refractivity contribution in [1.29, 1.82) is 0 Å². The number of carbonyl (C=O) groups is 1. The Hall–Kier alpha value is -2.76. The molecule has 6 heteroatoms. The zero-order chi connectivity index (χ0) is 17.0. The second-order valence-electron chi connectivity index (χ2n) is 6.85. The van der Waals surface area contributed by atoms with E-state index in [4.69, 9.17) is 9.47 Å². The van der Waals surface area contributed by atoms with Crippen LogP contribution >= 0.6 is 0 Å². The van der Waals surface area contributed by atoms with Crippen LogP contribution in [-0.2, 0) is 13.0 Å². The van der Waals surface area contributed by atoms with Crippen molar-refractivity contribution in [1.82, 2.24) is 9.47 Å². The van der Waals surface area contributed by atoms with E-state index in [0.717, 1.165) is 24.0 Å². The fourth-order valence-electron chi connectivity index (χ4n) is 3.57. The fraction of sp³-hybridized carbons (Fsp3) is 0.368. The Labute approximate surface area is 144 Å². The Morgan fingerprint density at radius 3 is 2.76 bits per heavy atom. The number of hydrogen-bond donors (Lipinski definition) is 0. The standard InChI is InChI=1S/C19H18N2O4/c22-18-8-12-5-6-20(9-14(12)10-21(18)15-2-3-15)19(23)13-1-4-16-17(7-13)25-11-24-16/h1,4,7-8,10,15H,2-3,5-6,9,11H2. The molecule has 3 heterocycles. The van der Waals surface area contributed by atoms with Gasteiger partial charge in [0.2, 0.25) is 6.79 Å². The van der Waals surface area contributed by atoms with Gasteiger partial charge in [-0.25, -0.2) is 0 Å². The van der Waals surface area contributed by atoms with E-state index in [9.17, 15) is 9.59 Å². The molecular weight excluding hydrogens is 320 g/mol. The van der Waals surface area contributed by atoms with Gasteiger partial charge in [-0.05, 0) is 48.6 Å². The molecule has 25 heavy (non-hydrogen) atoms. The van der Waals surface area contributed by atoms with E-state index in [2.05, 4.69) is 0 Å². The predicted octanol–water partition coefficient (Wildman–Crippen LogP) is 2.11. The summed E-state index contributed by atoms with van der Waals surface area (Å²) in [4.78, 5) is 26.9. The number of benzene rings is 1. The molecule has 5 rings (SSSR count). The summed E-state index contributed by atoms with van der Waals surface area (Å²) in [5, 5.41) is 0. The summed E-state index contributed by atoms with van der Waals surface area (Å²) in [6, 6.07) is 7.38.